The van der Waals surface area contributed by atoms with E-state index in [1.165, 1.54) is 11.8 Å². The SMILES string of the molecule is Cc1cc(Nc2cnc(NC(=O)N[C@H]3CCC[C@@H]3c3ccccc3)cc2C=N)ccn1. The first-order chi connectivity index (χ1) is 15.1. The number of pyridine rings is 2. The van der Waals surface area contributed by atoms with Gasteiger partial charge >= 0.3 is 6.03 Å². The Balaban J connectivity index is 1.42. The molecule has 1 aliphatic rings. The van der Waals surface area contributed by atoms with Gasteiger partial charge in [-0.1, -0.05) is 36.8 Å². The fourth-order valence-electron chi connectivity index (χ4n) is 4.09. The minimum Gasteiger partial charge on any atom is -0.354 e. The van der Waals surface area contributed by atoms with E-state index >= 15 is 0 Å². The van der Waals surface area contributed by atoms with E-state index in [1.54, 1.807) is 18.5 Å². The first kappa shape index (κ1) is 20.5. The molecular weight excluding hydrogens is 388 g/mol. The third-order valence-corrected chi connectivity index (χ3v) is 5.57. The van der Waals surface area contributed by atoms with E-state index in [2.05, 4.69) is 38.1 Å². The summed E-state index contributed by atoms with van der Waals surface area (Å²) in [5.41, 5.74) is 4.33. The van der Waals surface area contributed by atoms with Gasteiger partial charge in [0.25, 0.3) is 0 Å². The van der Waals surface area contributed by atoms with Crippen LogP contribution in [0.2, 0.25) is 0 Å². The van der Waals surface area contributed by atoms with Gasteiger partial charge in [0.05, 0.1) is 11.9 Å². The first-order valence-electron chi connectivity index (χ1n) is 10.4. The molecule has 0 unspecified atom stereocenters. The van der Waals surface area contributed by atoms with Gasteiger partial charge in [-0.2, -0.15) is 0 Å². The Morgan fingerprint density at radius 3 is 2.74 bits per heavy atom. The second-order valence-corrected chi connectivity index (χ2v) is 7.77. The van der Waals surface area contributed by atoms with Gasteiger partial charge in [-0.3, -0.25) is 10.3 Å². The van der Waals surface area contributed by atoms with Crippen molar-refractivity contribution < 1.29 is 4.79 Å². The number of nitrogens with zero attached hydrogens (tertiary/aromatic N) is 2. The molecule has 2 aromatic heterocycles. The molecule has 7 heteroatoms. The van der Waals surface area contributed by atoms with E-state index in [-0.39, 0.29) is 12.1 Å². The largest absolute Gasteiger partial charge is 0.354 e. The number of anilines is 3. The third-order valence-electron chi connectivity index (χ3n) is 5.57. The number of aromatic nitrogens is 2. The predicted molar refractivity (Wildman–Crippen MR) is 123 cm³/mol. The van der Waals surface area contributed by atoms with Crippen molar-refractivity contribution in [2.45, 2.75) is 38.1 Å². The van der Waals surface area contributed by atoms with E-state index < -0.39 is 0 Å². The van der Waals surface area contributed by atoms with Crippen molar-refractivity contribution >= 4 is 29.4 Å². The lowest BCUT2D eigenvalue weighted by Gasteiger charge is -2.21. The Hall–Kier alpha value is -3.74. The van der Waals surface area contributed by atoms with E-state index in [0.717, 1.165) is 30.6 Å². The molecule has 3 aromatic rings. The molecule has 2 atom stereocenters. The van der Waals surface area contributed by atoms with Crippen LogP contribution in [0.3, 0.4) is 0 Å². The van der Waals surface area contributed by atoms with Crippen molar-refractivity contribution in [2.24, 2.45) is 0 Å². The highest BCUT2D eigenvalue weighted by Crippen LogP contribution is 2.34. The van der Waals surface area contributed by atoms with Crippen LogP contribution in [0.1, 0.15) is 42.0 Å². The molecule has 4 N–H and O–H groups in total. The molecule has 0 radical (unpaired) electrons. The fourth-order valence-corrected chi connectivity index (χ4v) is 4.09. The molecule has 31 heavy (non-hydrogen) atoms. The zero-order valence-corrected chi connectivity index (χ0v) is 17.4. The normalized spacial score (nSPS) is 17.7. The fraction of sp³-hybridized carbons (Fsp3) is 0.250. The molecule has 158 valence electrons. The van der Waals surface area contributed by atoms with Crippen LogP contribution in [-0.2, 0) is 0 Å². The highest BCUT2D eigenvalue weighted by Gasteiger charge is 2.29. The van der Waals surface area contributed by atoms with Gasteiger partial charge < -0.3 is 16.0 Å². The molecule has 0 saturated heterocycles. The molecular formula is C24H26N6O. The molecule has 0 spiro atoms. The topological polar surface area (TPSA) is 103 Å². The van der Waals surface area contributed by atoms with Gasteiger partial charge in [-0.25, -0.2) is 9.78 Å². The molecule has 1 aliphatic carbocycles. The molecule has 1 aromatic carbocycles. The minimum absolute atomic E-state index is 0.0977. The van der Waals surface area contributed by atoms with Crippen molar-refractivity contribution in [3.8, 4) is 0 Å². The third kappa shape index (κ3) is 5.06. The molecule has 2 amide bonds. The summed E-state index contributed by atoms with van der Waals surface area (Å²) >= 11 is 0. The van der Waals surface area contributed by atoms with Gasteiger partial charge in [0.2, 0.25) is 0 Å². The lowest BCUT2D eigenvalue weighted by atomic mass is 9.94. The van der Waals surface area contributed by atoms with Crippen LogP contribution in [-0.4, -0.2) is 28.3 Å². The summed E-state index contributed by atoms with van der Waals surface area (Å²) in [6, 6.07) is 15.6. The van der Waals surface area contributed by atoms with Crippen LogP contribution in [0.4, 0.5) is 22.0 Å². The highest BCUT2D eigenvalue weighted by molar-refractivity contribution is 5.92. The lowest BCUT2D eigenvalue weighted by molar-refractivity contribution is 0.247. The first-order valence-corrected chi connectivity index (χ1v) is 10.4. The van der Waals surface area contributed by atoms with Crippen LogP contribution in [0, 0.1) is 12.3 Å². The zero-order chi connectivity index (χ0) is 21.6. The van der Waals surface area contributed by atoms with Crippen LogP contribution >= 0.6 is 0 Å². The number of urea groups is 1. The van der Waals surface area contributed by atoms with Gasteiger partial charge in [0.1, 0.15) is 5.82 Å². The van der Waals surface area contributed by atoms with Crippen LogP contribution < -0.4 is 16.0 Å². The molecule has 2 heterocycles. The summed E-state index contributed by atoms with van der Waals surface area (Å²) in [6.07, 6.45) is 7.70. The smallest absolute Gasteiger partial charge is 0.320 e. The maximum Gasteiger partial charge on any atom is 0.320 e. The van der Waals surface area contributed by atoms with Crippen molar-refractivity contribution in [3.05, 3.63) is 77.7 Å². The van der Waals surface area contributed by atoms with Crippen molar-refractivity contribution in [1.29, 1.82) is 5.41 Å². The van der Waals surface area contributed by atoms with Gasteiger partial charge in [0.15, 0.2) is 0 Å². The van der Waals surface area contributed by atoms with E-state index in [1.807, 2.05) is 37.3 Å². The summed E-state index contributed by atoms with van der Waals surface area (Å²) in [5.74, 6) is 0.731. The predicted octanol–water partition coefficient (Wildman–Crippen LogP) is 4.98. The number of aryl methyl sites for hydroxylation is 1. The van der Waals surface area contributed by atoms with Crippen LogP contribution in [0.15, 0.2) is 60.9 Å². The second-order valence-electron chi connectivity index (χ2n) is 7.77. The number of hydrogen-bond acceptors (Lipinski definition) is 5. The number of carbonyl (C=O) groups excluding carboxylic acids is 1. The average molecular weight is 415 g/mol. The maximum absolute atomic E-state index is 12.6. The van der Waals surface area contributed by atoms with Crippen molar-refractivity contribution in [1.82, 2.24) is 15.3 Å². The molecule has 1 fully saturated rings. The Morgan fingerprint density at radius 2 is 1.97 bits per heavy atom. The van der Waals surface area contributed by atoms with Gasteiger partial charge in [-0.15, -0.1) is 0 Å². The quantitative estimate of drug-likeness (QED) is 0.427. The van der Waals surface area contributed by atoms with Crippen molar-refractivity contribution in [2.75, 3.05) is 10.6 Å². The molecule has 0 aliphatic heterocycles. The minimum atomic E-state index is -0.276. The number of rotatable bonds is 6. The van der Waals surface area contributed by atoms with Crippen LogP contribution in [0.5, 0.6) is 0 Å². The summed E-state index contributed by atoms with van der Waals surface area (Å²) < 4.78 is 0. The Labute approximate surface area is 181 Å². The number of nitrogens with one attached hydrogen (secondary N) is 4. The van der Waals surface area contributed by atoms with E-state index in [0.29, 0.717) is 23.0 Å². The maximum atomic E-state index is 12.6. The molecule has 0 bridgehead atoms. The average Bonchev–Trinajstić information content (AvgIpc) is 3.23. The number of hydrogen-bond donors (Lipinski definition) is 4. The number of amides is 2. The standard InChI is InChI=1S/C24H26N6O/c1-16-12-19(10-11-26-16)28-22-15-27-23(13-18(22)14-25)30-24(31)29-21-9-5-8-20(21)17-6-3-2-4-7-17/h2-4,6-7,10-15,20-21,25H,5,8-9H2,1H3,(H,26,28)(H2,27,29,30,31)/t20-,21+/m1/s1. The Kier molecular flexibility index (Phi) is 6.21. The second kappa shape index (κ2) is 9.38. The van der Waals surface area contributed by atoms with Gasteiger partial charge in [0, 0.05) is 41.3 Å². The lowest BCUT2D eigenvalue weighted by Crippen LogP contribution is -2.39. The zero-order valence-electron chi connectivity index (χ0n) is 17.4. The Bertz CT molecular complexity index is 1070. The summed E-state index contributed by atoms with van der Waals surface area (Å²) in [6.45, 7) is 1.92. The summed E-state index contributed by atoms with van der Waals surface area (Å²) in [5, 5.41) is 16.9. The Morgan fingerprint density at radius 1 is 1.13 bits per heavy atom. The van der Waals surface area contributed by atoms with E-state index in [4.69, 9.17) is 5.41 Å². The van der Waals surface area contributed by atoms with Gasteiger partial charge in [-0.05, 0) is 43.5 Å². The summed E-state index contributed by atoms with van der Waals surface area (Å²) in [7, 11) is 0. The number of benzene rings is 1. The number of carbonyl (C=O) groups is 1. The molecule has 7 nitrogen and oxygen atoms in total. The highest BCUT2D eigenvalue weighted by atomic mass is 16.2. The van der Waals surface area contributed by atoms with Crippen molar-refractivity contribution in [3.63, 3.8) is 0 Å². The monoisotopic (exact) mass is 414 g/mol. The molecule has 4 rings (SSSR count). The molecule has 1 saturated carbocycles. The van der Waals surface area contributed by atoms with Crippen LogP contribution in [0.25, 0.3) is 0 Å². The summed E-state index contributed by atoms with van der Waals surface area (Å²) in [4.78, 5) is 21.1. The van der Waals surface area contributed by atoms with E-state index in [9.17, 15) is 4.79 Å².